The van der Waals surface area contributed by atoms with Crippen LogP contribution in [0.25, 0.3) is 0 Å². The molecule has 0 spiro atoms. The third-order valence-corrected chi connectivity index (χ3v) is 6.08. The summed E-state index contributed by atoms with van der Waals surface area (Å²) in [5.41, 5.74) is 0.930. The molecule has 1 heterocycles. The van der Waals surface area contributed by atoms with Gasteiger partial charge >= 0.3 is 0 Å². The summed E-state index contributed by atoms with van der Waals surface area (Å²) in [6, 6.07) is 9.17. The van der Waals surface area contributed by atoms with E-state index < -0.39 is 14.9 Å². The SMILES string of the molecule is CCN(Cc1ccc2c(c1)OCO2)S(=O)(=O)c1ccc(C)c([N+](=O)[O-])c1. The lowest BCUT2D eigenvalue weighted by atomic mass is 10.2. The topological polar surface area (TPSA) is 99.0 Å². The third-order valence-electron chi connectivity index (χ3n) is 4.16. The summed E-state index contributed by atoms with van der Waals surface area (Å²) < 4.78 is 37.7. The van der Waals surface area contributed by atoms with E-state index in [0.29, 0.717) is 17.1 Å². The maximum absolute atomic E-state index is 12.9. The highest BCUT2D eigenvalue weighted by Gasteiger charge is 2.26. The Morgan fingerprint density at radius 1 is 1.15 bits per heavy atom. The Labute approximate surface area is 151 Å². The Morgan fingerprint density at radius 3 is 2.58 bits per heavy atom. The molecular weight excluding hydrogens is 360 g/mol. The average molecular weight is 378 g/mol. The molecule has 0 amide bonds. The first-order valence-electron chi connectivity index (χ1n) is 7.96. The van der Waals surface area contributed by atoms with Gasteiger partial charge in [-0.2, -0.15) is 4.31 Å². The van der Waals surface area contributed by atoms with Gasteiger partial charge < -0.3 is 9.47 Å². The first-order chi connectivity index (χ1) is 12.3. The molecule has 0 fully saturated rings. The van der Waals surface area contributed by atoms with Crippen LogP contribution < -0.4 is 9.47 Å². The number of sulfonamides is 1. The molecule has 8 nitrogen and oxygen atoms in total. The number of benzene rings is 2. The van der Waals surface area contributed by atoms with E-state index in [-0.39, 0.29) is 30.5 Å². The van der Waals surface area contributed by atoms with Gasteiger partial charge in [0.25, 0.3) is 5.69 Å². The van der Waals surface area contributed by atoms with Crippen LogP contribution in [-0.2, 0) is 16.6 Å². The van der Waals surface area contributed by atoms with Gasteiger partial charge in [0, 0.05) is 24.7 Å². The lowest BCUT2D eigenvalue weighted by molar-refractivity contribution is -0.385. The second-order valence-corrected chi connectivity index (χ2v) is 7.76. The van der Waals surface area contributed by atoms with Crippen LogP contribution in [0.15, 0.2) is 41.3 Å². The number of hydrogen-bond acceptors (Lipinski definition) is 6. The Balaban J connectivity index is 1.91. The number of nitro groups is 1. The molecule has 0 aliphatic carbocycles. The van der Waals surface area contributed by atoms with Gasteiger partial charge in [0.05, 0.1) is 9.82 Å². The van der Waals surface area contributed by atoms with E-state index in [4.69, 9.17) is 9.47 Å². The Morgan fingerprint density at radius 2 is 1.88 bits per heavy atom. The van der Waals surface area contributed by atoms with E-state index in [1.54, 1.807) is 32.0 Å². The number of hydrogen-bond donors (Lipinski definition) is 0. The second kappa shape index (κ2) is 6.93. The van der Waals surface area contributed by atoms with Crippen molar-refractivity contribution in [1.82, 2.24) is 4.31 Å². The zero-order valence-electron chi connectivity index (χ0n) is 14.3. The normalized spacial score (nSPS) is 13.2. The smallest absolute Gasteiger partial charge is 0.273 e. The summed E-state index contributed by atoms with van der Waals surface area (Å²) >= 11 is 0. The lowest BCUT2D eigenvalue weighted by Crippen LogP contribution is -2.30. The summed E-state index contributed by atoms with van der Waals surface area (Å²) in [5, 5.41) is 11.1. The highest BCUT2D eigenvalue weighted by atomic mass is 32.2. The van der Waals surface area contributed by atoms with Crippen LogP contribution >= 0.6 is 0 Å². The average Bonchev–Trinajstić information content (AvgIpc) is 3.07. The van der Waals surface area contributed by atoms with Crippen LogP contribution in [0.1, 0.15) is 18.1 Å². The molecule has 0 unspecified atom stereocenters. The minimum absolute atomic E-state index is 0.0996. The third kappa shape index (κ3) is 3.35. The molecule has 138 valence electrons. The summed E-state index contributed by atoms with van der Waals surface area (Å²) in [6.45, 7) is 3.77. The van der Waals surface area contributed by atoms with E-state index in [1.807, 2.05) is 0 Å². The fourth-order valence-electron chi connectivity index (χ4n) is 2.71. The van der Waals surface area contributed by atoms with Gasteiger partial charge in [-0.1, -0.05) is 19.1 Å². The molecule has 0 bridgehead atoms. The first-order valence-corrected chi connectivity index (χ1v) is 9.40. The molecular formula is C17H18N2O6S. The summed E-state index contributed by atoms with van der Waals surface area (Å²) in [7, 11) is -3.88. The van der Waals surface area contributed by atoms with Crippen LogP contribution in [0.2, 0.25) is 0 Å². The van der Waals surface area contributed by atoms with Crippen molar-refractivity contribution >= 4 is 15.7 Å². The molecule has 2 aromatic rings. The van der Waals surface area contributed by atoms with Crippen molar-refractivity contribution < 1.29 is 22.8 Å². The molecule has 2 aromatic carbocycles. The van der Waals surface area contributed by atoms with Gasteiger partial charge in [-0.3, -0.25) is 10.1 Å². The highest BCUT2D eigenvalue weighted by Crippen LogP contribution is 2.33. The van der Waals surface area contributed by atoms with Crippen LogP contribution in [-0.4, -0.2) is 31.0 Å². The van der Waals surface area contributed by atoms with Gasteiger partial charge in [-0.15, -0.1) is 0 Å². The molecule has 9 heteroatoms. The van der Waals surface area contributed by atoms with Crippen molar-refractivity contribution in [3.8, 4) is 11.5 Å². The number of aryl methyl sites for hydroxylation is 1. The molecule has 0 saturated heterocycles. The quantitative estimate of drug-likeness (QED) is 0.566. The van der Waals surface area contributed by atoms with Crippen LogP contribution in [0, 0.1) is 17.0 Å². The van der Waals surface area contributed by atoms with Gasteiger partial charge in [0.1, 0.15) is 0 Å². The van der Waals surface area contributed by atoms with Crippen molar-refractivity contribution in [2.45, 2.75) is 25.3 Å². The molecule has 0 aromatic heterocycles. The van der Waals surface area contributed by atoms with Crippen molar-refractivity contribution in [2.75, 3.05) is 13.3 Å². The van der Waals surface area contributed by atoms with E-state index in [2.05, 4.69) is 0 Å². The molecule has 1 aliphatic heterocycles. The Bertz CT molecular complexity index is 958. The van der Waals surface area contributed by atoms with Crippen molar-refractivity contribution in [3.63, 3.8) is 0 Å². The monoisotopic (exact) mass is 378 g/mol. The summed E-state index contributed by atoms with van der Waals surface area (Å²) in [5.74, 6) is 1.19. The molecule has 26 heavy (non-hydrogen) atoms. The van der Waals surface area contributed by atoms with Crippen LogP contribution in [0.4, 0.5) is 5.69 Å². The summed E-state index contributed by atoms with van der Waals surface area (Å²) in [4.78, 5) is 10.4. The number of fused-ring (bicyclic) bond motifs is 1. The van der Waals surface area contributed by atoms with Crippen LogP contribution in [0.3, 0.4) is 0 Å². The fourth-order valence-corrected chi connectivity index (χ4v) is 4.16. The predicted molar refractivity (Wildman–Crippen MR) is 93.7 cm³/mol. The van der Waals surface area contributed by atoms with E-state index in [0.717, 1.165) is 11.6 Å². The van der Waals surface area contributed by atoms with Gasteiger partial charge in [-0.25, -0.2) is 8.42 Å². The maximum atomic E-state index is 12.9. The fraction of sp³-hybridized carbons (Fsp3) is 0.294. The number of nitro benzene ring substituents is 1. The second-order valence-electron chi connectivity index (χ2n) is 5.82. The van der Waals surface area contributed by atoms with Crippen molar-refractivity contribution in [1.29, 1.82) is 0 Å². The zero-order chi connectivity index (χ0) is 18.9. The van der Waals surface area contributed by atoms with E-state index in [9.17, 15) is 18.5 Å². The van der Waals surface area contributed by atoms with Crippen molar-refractivity contribution in [3.05, 3.63) is 57.6 Å². The van der Waals surface area contributed by atoms with E-state index in [1.165, 1.54) is 16.4 Å². The van der Waals surface area contributed by atoms with Crippen molar-refractivity contribution in [2.24, 2.45) is 0 Å². The number of ether oxygens (including phenoxy) is 2. The molecule has 0 N–H and O–H groups in total. The minimum atomic E-state index is -3.88. The first kappa shape index (κ1) is 18.2. The standard InChI is InChI=1S/C17H18N2O6S/c1-3-18(10-13-5-7-16-17(8-13)25-11-24-16)26(22,23)14-6-4-12(2)15(9-14)19(20)21/h4-9H,3,10-11H2,1-2H3. The number of nitrogens with zero attached hydrogens (tertiary/aromatic N) is 2. The number of rotatable bonds is 6. The Hall–Kier alpha value is -2.65. The lowest BCUT2D eigenvalue weighted by Gasteiger charge is -2.21. The predicted octanol–water partition coefficient (Wildman–Crippen LogP) is 2.84. The largest absolute Gasteiger partial charge is 0.454 e. The molecule has 1 aliphatic rings. The zero-order valence-corrected chi connectivity index (χ0v) is 15.2. The molecule has 0 radical (unpaired) electrons. The van der Waals surface area contributed by atoms with Crippen LogP contribution in [0.5, 0.6) is 11.5 Å². The molecule has 0 atom stereocenters. The van der Waals surface area contributed by atoms with E-state index >= 15 is 0 Å². The Kier molecular flexibility index (Phi) is 4.84. The van der Waals surface area contributed by atoms with Gasteiger partial charge in [-0.05, 0) is 30.7 Å². The molecule has 3 rings (SSSR count). The minimum Gasteiger partial charge on any atom is -0.454 e. The highest BCUT2D eigenvalue weighted by molar-refractivity contribution is 7.89. The van der Waals surface area contributed by atoms with Gasteiger partial charge in [0.2, 0.25) is 16.8 Å². The maximum Gasteiger partial charge on any atom is 0.273 e. The molecule has 0 saturated carbocycles. The summed E-state index contributed by atoms with van der Waals surface area (Å²) in [6.07, 6.45) is 0. The van der Waals surface area contributed by atoms with Gasteiger partial charge in [0.15, 0.2) is 11.5 Å².